The highest BCUT2D eigenvalue weighted by atomic mass is 19.4. The van der Waals surface area contributed by atoms with Crippen molar-refractivity contribution in [2.45, 2.75) is 31.5 Å². The lowest BCUT2D eigenvalue weighted by atomic mass is 9.89. The van der Waals surface area contributed by atoms with E-state index in [-0.39, 0.29) is 22.9 Å². The average molecular weight is 650 g/mol. The fraction of sp³-hybridized carbons (Fsp3) is 0.364. The van der Waals surface area contributed by atoms with E-state index in [0.29, 0.717) is 54.0 Å². The highest BCUT2D eigenvalue weighted by Crippen LogP contribution is 2.32. The molecule has 4 aromatic rings. The first-order valence-electron chi connectivity index (χ1n) is 14.9. The number of nitrogens with zero attached hydrogens (tertiary/aromatic N) is 7. The van der Waals surface area contributed by atoms with Gasteiger partial charge in [0.15, 0.2) is 12.2 Å². The summed E-state index contributed by atoms with van der Waals surface area (Å²) < 4.78 is 45.4. The highest BCUT2D eigenvalue weighted by Gasteiger charge is 2.37. The molecule has 0 radical (unpaired) electrons. The van der Waals surface area contributed by atoms with Gasteiger partial charge in [-0.2, -0.15) is 18.3 Å². The summed E-state index contributed by atoms with van der Waals surface area (Å²) in [5, 5.41) is 7.41. The number of carbonyl (C=O) groups is 2. The lowest BCUT2D eigenvalue weighted by Gasteiger charge is -2.40. The van der Waals surface area contributed by atoms with E-state index >= 15 is 0 Å². The van der Waals surface area contributed by atoms with Crippen LogP contribution in [0.5, 0.6) is 0 Å². The minimum atomic E-state index is -4.65. The Morgan fingerprint density at radius 3 is 2.30 bits per heavy atom. The van der Waals surface area contributed by atoms with Crippen LogP contribution in [0, 0.1) is 6.57 Å². The molecule has 1 aliphatic rings. The topological polar surface area (TPSA) is 98.5 Å². The van der Waals surface area contributed by atoms with Crippen LogP contribution in [0.4, 0.5) is 18.9 Å². The molecule has 0 bridgehead atoms. The Bertz CT molecular complexity index is 1920. The standard InChI is InChI=1S/C33H35F3N8O3/c1-32(15-18-41(19-16-32)27(45)21-44(4,5)6)39-30(46)28-29(26-14-17-38-42(26)24-12-10-23(37-2)11-13-24)40(3)43(31(28)47)25-9-7-8-22(20-25)33(34,35)36/h7-14,17,20H,15-16,18-19,21H2,1,3-6H3/p+1. The summed E-state index contributed by atoms with van der Waals surface area (Å²) in [4.78, 5) is 46.3. The van der Waals surface area contributed by atoms with E-state index < -0.39 is 28.7 Å². The van der Waals surface area contributed by atoms with Gasteiger partial charge < -0.3 is 14.7 Å². The molecular weight excluding hydrogens is 613 g/mol. The Labute approximate surface area is 269 Å². The summed E-state index contributed by atoms with van der Waals surface area (Å²) in [5.74, 6) is -0.686. The summed E-state index contributed by atoms with van der Waals surface area (Å²) in [5.41, 5.74) is -1.44. The third kappa shape index (κ3) is 6.85. The molecule has 3 heterocycles. The SMILES string of the molecule is [C-]#[N+]c1ccc(-n2nccc2-c2c(C(=O)NC3(C)CCN(C(=O)C[N+](C)(C)C)CC3)c(=O)n(-c3cccc(C(F)(F)F)c3)n2C)cc1. The van der Waals surface area contributed by atoms with Crippen LogP contribution in [0.25, 0.3) is 27.6 Å². The normalized spacial score (nSPS) is 14.9. The molecule has 2 aromatic heterocycles. The minimum absolute atomic E-state index is 0.0119. The number of carbonyl (C=O) groups excluding carboxylic acids is 2. The quantitative estimate of drug-likeness (QED) is 0.237. The predicted octanol–water partition coefficient (Wildman–Crippen LogP) is 4.42. The molecule has 2 aromatic carbocycles. The van der Waals surface area contributed by atoms with Crippen molar-refractivity contribution in [2.24, 2.45) is 7.05 Å². The monoisotopic (exact) mass is 649 g/mol. The van der Waals surface area contributed by atoms with Crippen molar-refractivity contribution >= 4 is 17.5 Å². The summed E-state index contributed by atoms with van der Waals surface area (Å²) in [6.45, 7) is 10.3. The Morgan fingerprint density at radius 2 is 1.70 bits per heavy atom. The second kappa shape index (κ2) is 12.2. The van der Waals surface area contributed by atoms with Crippen molar-refractivity contribution in [2.75, 3.05) is 40.8 Å². The van der Waals surface area contributed by atoms with E-state index in [4.69, 9.17) is 6.57 Å². The Kier molecular flexibility index (Phi) is 8.63. The van der Waals surface area contributed by atoms with Crippen LogP contribution in [0.15, 0.2) is 65.6 Å². The largest absolute Gasteiger partial charge is 0.416 e. The number of hydrogen-bond donors (Lipinski definition) is 1. The number of hydrogen-bond acceptors (Lipinski definition) is 4. The zero-order valence-corrected chi connectivity index (χ0v) is 26.8. The zero-order valence-electron chi connectivity index (χ0n) is 26.8. The number of alkyl halides is 3. The zero-order chi connectivity index (χ0) is 34.3. The van der Waals surface area contributed by atoms with Crippen molar-refractivity contribution in [1.82, 2.24) is 29.4 Å². The number of piperidine rings is 1. The first kappa shape index (κ1) is 33.2. The van der Waals surface area contributed by atoms with E-state index in [1.807, 2.05) is 28.1 Å². The fourth-order valence-corrected chi connectivity index (χ4v) is 5.78. The van der Waals surface area contributed by atoms with Gasteiger partial charge in [-0.05, 0) is 56.2 Å². The molecule has 0 atom stereocenters. The highest BCUT2D eigenvalue weighted by molar-refractivity contribution is 6.00. The second-order valence-corrected chi connectivity index (χ2v) is 13.0. The molecule has 47 heavy (non-hydrogen) atoms. The molecule has 2 amide bonds. The molecule has 0 saturated carbocycles. The Balaban J connectivity index is 1.57. The molecule has 14 heteroatoms. The molecule has 5 rings (SSSR count). The number of halogens is 3. The van der Waals surface area contributed by atoms with Crippen molar-refractivity contribution in [3.8, 4) is 22.8 Å². The van der Waals surface area contributed by atoms with Gasteiger partial charge in [-0.3, -0.25) is 19.1 Å². The maximum absolute atomic E-state index is 14.1. The maximum atomic E-state index is 14.1. The molecule has 1 N–H and O–H groups in total. The summed E-state index contributed by atoms with van der Waals surface area (Å²) in [6.07, 6.45) is -2.29. The molecule has 246 valence electrons. The Morgan fingerprint density at radius 1 is 1.04 bits per heavy atom. The average Bonchev–Trinajstić information content (AvgIpc) is 3.57. The molecule has 1 fully saturated rings. The predicted molar refractivity (Wildman–Crippen MR) is 169 cm³/mol. The number of quaternary nitrogens is 1. The van der Waals surface area contributed by atoms with Crippen LogP contribution >= 0.6 is 0 Å². The molecule has 0 unspecified atom stereocenters. The summed E-state index contributed by atoms with van der Waals surface area (Å²) in [7, 11) is 7.30. The van der Waals surface area contributed by atoms with Gasteiger partial charge in [0.25, 0.3) is 17.4 Å². The number of likely N-dealkylation sites (tertiary alicyclic amines) is 1. The van der Waals surface area contributed by atoms with Crippen molar-refractivity contribution in [3.63, 3.8) is 0 Å². The molecular formula is C33H36F3N8O3+. The molecule has 0 aliphatic carbocycles. The van der Waals surface area contributed by atoms with Crippen LogP contribution in [0.1, 0.15) is 35.7 Å². The number of rotatable bonds is 7. The van der Waals surface area contributed by atoms with Crippen LogP contribution in [0.3, 0.4) is 0 Å². The number of aromatic nitrogens is 4. The van der Waals surface area contributed by atoms with Gasteiger partial charge in [-0.25, -0.2) is 14.2 Å². The summed E-state index contributed by atoms with van der Waals surface area (Å²) in [6, 6.07) is 12.5. The van der Waals surface area contributed by atoms with Gasteiger partial charge in [0.2, 0.25) is 0 Å². The number of nitrogens with one attached hydrogen (secondary N) is 1. The van der Waals surface area contributed by atoms with Gasteiger partial charge in [0.05, 0.1) is 56.5 Å². The Hall–Kier alpha value is -5.16. The van der Waals surface area contributed by atoms with E-state index in [9.17, 15) is 27.6 Å². The number of likely N-dealkylation sites (N-methyl/N-ethyl adjacent to an activating group) is 1. The maximum Gasteiger partial charge on any atom is 0.416 e. The van der Waals surface area contributed by atoms with Gasteiger partial charge in [-0.1, -0.05) is 18.2 Å². The lowest BCUT2D eigenvalue weighted by molar-refractivity contribution is -0.862. The van der Waals surface area contributed by atoms with Gasteiger partial charge in [-0.15, -0.1) is 0 Å². The minimum Gasteiger partial charge on any atom is -0.347 e. The number of benzene rings is 2. The van der Waals surface area contributed by atoms with Crippen molar-refractivity contribution < 1.29 is 27.2 Å². The van der Waals surface area contributed by atoms with Crippen molar-refractivity contribution in [1.29, 1.82) is 0 Å². The fourth-order valence-electron chi connectivity index (χ4n) is 5.78. The lowest BCUT2D eigenvalue weighted by Crippen LogP contribution is -2.56. The van der Waals surface area contributed by atoms with Crippen LogP contribution in [-0.2, 0) is 18.0 Å². The first-order valence-corrected chi connectivity index (χ1v) is 14.9. The van der Waals surface area contributed by atoms with E-state index in [1.165, 1.54) is 34.7 Å². The second-order valence-electron chi connectivity index (χ2n) is 13.0. The number of amides is 2. The van der Waals surface area contributed by atoms with Crippen LogP contribution < -0.4 is 10.9 Å². The first-order chi connectivity index (χ1) is 22.0. The van der Waals surface area contributed by atoms with Crippen molar-refractivity contribution in [3.05, 3.63) is 93.7 Å². The van der Waals surface area contributed by atoms with Crippen LogP contribution in [0.2, 0.25) is 0 Å². The van der Waals surface area contributed by atoms with E-state index in [1.54, 1.807) is 35.2 Å². The molecule has 1 saturated heterocycles. The smallest absolute Gasteiger partial charge is 0.347 e. The molecule has 0 spiro atoms. The summed E-state index contributed by atoms with van der Waals surface area (Å²) >= 11 is 0. The molecule has 1 aliphatic heterocycles. The van der Waals surface area contributed by atoms with E-state index in [2.05, 4.69) is 15.3 Å². The molecule has 11 nitrogen and oxygen atoms in total. The van der Waals surface area contributed by atoms with Gasteiger partial charge in [0, 0.05) is 25.7 Å². The van der Waals surface area contributed by atoms with E-state index in [0.717, 1.165) is 16.8 Å². The third-order valence-electron chi connectivity index (χ3n) is 8.27. The van der Waals surface area contributed by atoms with Gasteiger partial charge >= 0.3 is 6.18 Å². The van der Waals surface area contributed by atoms with Gasteiger partial charge in [0.1, 0.15) is 11.3 Å². The third-order valence-corrected chi connectivity index (χ3v) is 8.27. The van der Waals surface area contributed by atoms with Crippen LogP contribution in [-0.4, -0.2) is 86.7 Å².